The summed E-state index contributed by atoms with van der Waals surface area (Å²) in [6, 6.07) is 6.28. The molecule has 2 N–H and O–H groups in total. The van der Waals surface area contributed by atoms with Crippen LogP contribution < -0.4 is 10.6 Å². The van der Waals surface area contributed by atoms with Gasteiger partial charge in [-0.1, -0.05) is 17.4 Å². The molecule has 2 aromatic heterocycles. The lowest BCUT2D eigenvalue weighted by molar-refractivity contribution is -0.139. The number of hydrogen-bond donors (Lipinski definition) is 2. The summed E-state index contributed by atoms with van der Waals surface area (Å²) in [4.78, 5) is 13.8. The van der Waals surface area contributed by atoms with Gasteiger partial charge in [0.1, 0.15) is 17.7 Å². The van der Waals surface area contributed by atoms with Crippen molar-refractivity contribution in [1.82, 2.24) is 25.0 Å². The Kier molecular flexibility index (Phi) is 6.43. The minimum absolute atomic E-state index is 0.0382. The highest BCUT2D eigenvalue weighted by Crippen LogP contribution is 2.37. The first kappa shape index (κ1) is 24.0. The van der Waals surface area contributed by atoms with Gasteiger partial charge in [0.25, 0.3) is 0 Å². The molecule has 2 atom stereocenters. The van der Waals surface area contributed by atoms with Crippen molar-refractivity contribution in [1.29, 1.82) is 0 Å². The number of carbonyl (C=O) groups is 1. The Morgan fingerprint density at radius 2 is 2.03 bits per heavy atom. The fourth-order valence-electron chi connectivity index (χ4n) is 4.44. The molecule has 2 aliphatic rings. The fourth-order valence-corrected chi connectivity index (χ4v) is 5.24. The maximum atomic E-state index is 14.6. The molecule has 1 aromatic carbocycles. The van der Waals surface area contributed by atoms with Crippen LogP contribution in [0.1, 0.15) is 24.3 Å². The van der Waals surface area contributed by atoms with Gasteiger partial charge in [0.15, 0.2) is 5.01 Å². The van der Waals surface area contributed by atoms with E-state index in [4.69, 9.17) is 0 Å². The van der Waals surface area contributed by atoms with Crippen molar-refractivity contribution in [2.45, 2.75) is 50.7 Å². The third-order valence-corrected chi connectivity index (χ3v) is 7.36. The molecule has 3 aromatic rings. The number of carbonyl (C=O) groups excluding carboxylic acids is 1. The lowest BCUT2D eigenvalue weighted by Gasteiger charge is -2.33. The number of benzene rings is 1. The van der Waals surface area contributed by atoms with Gasteiger partial charge in [0, 0.05) is 30.1 Å². The molecule has 188 valence electrons. The zero-order chi connectivity index (χ0) is 24.7. The molecule has 1 saturated carbocycles. The molecule has 3 heterocycles. The van der Waals surface area contributed by atoms with Gasteiger partial charge in [-0.05, 0) is 44.5 Å². The highest BCUT2D eigenvalue weighted by molar-refractivity contribution is 7.14. The average molecular weight is 511 g/mol. The van der Waals surface area contributed by atoms with E-state index in [1.165, 1.54) is 4.57 Å². The SMILES string of the molecule is CN1CC[C@@H](Nc2cccc3c2cc(-c2nnc(CNC(=O)C4CC4)s2)n3CC(F)(F)F)[C@@H](F)C1. The van der Waals surface area contributed by atoms with E-state index in [2.05, 4.69) is 20.8 Å². The normalized spacial score (nSPS) is 21.4. The minimum Gasteiger partial charge on any atom is -0.379 e. The molecule has 12 heteroatoms. The third kappa shape index (κ3) is 5.43. The topological polar surface area (TPSA) is 75.1 Å². The second kappa shape index (κ2) is 9.38. The van der Waals surface area contributed by atoms with E-state index in [1.54, 1.807) is 24.3 Å². The molecule has 0 unspecified atom stereocenters. The van der Waals surface area contributed by atoms with Crippen molar-refractivity contribution in [2.24, 2.45) is 5.92 Å². The number of likely N-dealkylation sites (tertiary alicyclic amines) is 1. The summed E-state index contributed by atoms with van der Waals surface area (Å²) in [5.41, 5.74) is 1.25. The monoisotopic (exact) mass is 510 g/mol. The van der Waals surface area contributed by atoms with Crippen molar-refractivity contribution >= 4 is 33.8 Å². The number of piperidine rings is 1. The van der Waals surface area contributed by atoms with Crippen molar-refractivity contribution in [3.05, 3.63) is 29.3 Å². The summed E-state index contributed by atoms with van der Waals surface area (Å²) < 4.78 is 56.4. The Morgan fingerprint density at radius 1 is 1.23 bits per heavy atom. The predicted molar refractivity (Wildman–Crippen MR) is 126 cm³/mol. The summed E-state index contributed by atoms with van der Waals surface area (Å²) in [6.45, 7) is 0.0357. The highest BCUT2D eigenvalue weighted by Gasteiger charge is 2.32. The molecule has 1 aliphatic carbocycles. The number of halogens is 4. The average Bonchev–Trinajstić information content (AvgIpc) is 3.44. The van der Waals surface area contributed by atoms with Crippen LogP contribution in [0.25, 0.3) is 21.6 Å². The number of anilines is 1. The van der Waals surface area contributed by atoms with E-state index < -0.39 is 24.9 Å². The van der Waals surface area contributed by atoms with Gasteiger partial charge in [-0.25, -0.2) is 4.39 Å². The molecule has 0 radical (unpaired) electrons. The highest BCUT2D eigenvalue weighted by atomic mass is 32.1. The Labute approximate surface area is 203 Å². The van der Waals surface area contributed by atoms with Gasteiger partial charge >= 0.3 is 6.18 Å². The summed E-state index contributed by atoms with van der Waals surface area (Å²) >= 11 is 1.15. The van der Waals surface area contributed by atoms with Crippen molar-refractivity contribution in [3.8, 4) is 10.7 Å². The van der Waals surface area contributed by atoms with Crippen LogP contribution in [0, 0.1) is 5.92 Å². The number of amides is 1. The Morgan fingerprint density at radius 3 is 2.74 bits per heavy atom. The van der Waals surface area contributed by atoms with Gasteiger partial charge < -0.3 is 20.1 Å². The fraction of sp³-hybridized carbons (Fsp3) is 0.522. The van der Waals surface area contributed by atoms with Crippen LogP contribution in [-0.4, -0.2) is 64.1 Å². The number of aromatic nitrogens is 3. The van der Waals surface area contributed by atoms with Crippen LogP contribution in [0.3, 0.4) is 0 Å². The second-order valence-electron chi connectivity index (χ2n) is 9.28. The quantitative estimate of drug-likeness (QED) is 0.466. The summed E-state index contributed by atoms with van der Waals surface area (Å²) in [5, 5.41) is 15.6. The van der Waals surface area contributed by atoms with E-state index in [0.717, 1.165) is 30.7 Å². The third-order valence-electron chi connectivity index (χ3n) is 6.42. The number of rotatable bonds is 7. The largest absolute Gasteiger partial charge is 0.406 e. The van der Waals surface area contributed by atoms with E-state index in [-0.39, 0.29) is 24.1 Å². The van der Waals surface area contributed by atoms with Gasteiger partial charge in [-0.3, -0.25) is 4.79 Å². The van der Waals surface area contributed by atoms with Gasteiger partial charge in [0.2, 0.25) is 5.91 Å². The van der Waals surface area contributed by atoms with Crippen LogP contribution in [0.4, 0.5) is 23.2 Å². The van der Waals surface area contributed by atoms with E-state index in [9.17, 15) is 22.4 Å². The first-order chi connectivity index (χ1) is 16.7. The number of nitrogens with one attached hydrogen (secondary N) is 2. The molecule has 7 nitrogen and oxygen atoms in total. The minimum atomic E-state index is -4.45. The van der Waals surface area contributed by atoms with Gasteiger partial charge in [-0.2, -0.15) is 13.2 Å². The first-order valence-corrected chi connectivity index (χ1v) is 12.4. The van der Waals surface area contributed by atoms with Crippen molar-refractivity contribution < 1.29 is 22.4 Å². The van der Waals surface area contributed by atoms with E-state index in [1.807, 2.05) is 11.9 Å². The molecule has 1 aliphatic heterocycles. The predicted octanol–water partition coefficient (Wildman–Crippen LogP) is 4.20. The number of nitrogens with zero attached hydrogens (tertiary/aromatic N) is 4. The molecule has 5 rings (SSSR count). The molecular formula is C23H26F4N6OS. The summed E-state index contributed by atoms with van der Waals surface area (Å²) in [5.74, 6) is 0.0137. The number of alkyl halides is 4. The van der Waals surface area contributed by atoms with E-state index >= 15 is 0 Å². The van der Waals surface area contributed by atoms with Gasteiger partial charge in [0.05, 0.1) is 23.8 Å². The van der Waals surface area contributed by atoms with Crippen LogP contribution in [-0.2, 0) is 17.9 Å². The molecule has 35 heavy (non-hydrogen) atoms. The maximum Gasteiger partial charge on any atom is 0.406 e. The Balaban J connectivity index is 1.46. The zero-order valence-corrected chi connectivity index (χ0v) is 19.9. The maximum absolute atomic E-state index is 14.6. The van der Waals surface area contributed by atoms with Crippen LogP contribution in [0.5, 0.6) is 0 Å². The molecule has 0 spiro atoms. The van der Waals surface area contributed by atoms with E-state index in [0.29, 0.717) is 39.6 Å². The Bertz CT molecular complexity index is 1220. The first-order valence-electron chi connectivity index (χ1n) is 11.6. The lowest BCUT2D eigenvalue weighted by atomic mass is 10.0. The van der Waals surface area contributed by atoms with Crippen LogP contribution in [0.2, 0.25) is 0 Å². The molecule has 0 bridgehead atoms. The molecule has 2 fully saturated rings. The van der Waals surface area contributed by atoms with Crippen LogP contribution >= 0.6 is 11.3 Å². The number of fused-ring (bicyclic) bond motifs is 1. The van der Waals surface area contributed by atoms with Crippen LogP contribution in [0.15, 0.2) is 24.3 Å². The molecular weight excluding hydrogens is 484 g/mol. The van der Waals surface area contributed by atoms with Gasteiger partial charge in [-0.15, -0.1) is 10.2 Å². The summed E-state index contributed by atoms with van der Waals surface area (Å²) in [7, 11) is 1.86. The van der Waals surface area contributed by atoms with Crippen molar-refractivity contribution in [2.75, 3.05) is 25.5 Å². The standard InChI is InChI=1S/C23H26F4N6OS/c1-32-8-7-17(15(24)11-32)29-16-3-2-4-18-14(16)9-19(33(18)12-23(25,26)27)22-31-30-20(35-22)10-28-21(34)13-5-6-13/h2-4,9,13,15,17,29H,5-8,10-12H2,1H3,(H,28,34)/t15-,17+/m0/s1. The smallest absolute Gasteiger partial charge is 0.379 e. The number of hydrogen-bond acceptors (Lipinski definition) is 6. The lowest BCUT2D eigenvalue weighted by Crippen LogP contribution is -2.46. The summed E-state index contributed by atoms with van der Waals surface area (Å²) in [6.07, 6.45) is -3.19. The molecule has 1 saturated heterocycles. The second-order valence-corrected chi connectivity index (χ2v) is 10.3. The van der Waals surface area contributed by atoms with Crippen molar-refractivity contribution in [3.63, 3.8) is 0 Å². The zero-order valence-electron chi connectivity index (χ0n) is 19.1. The Hall–Kier alpha value is -2.73. The molecule has 1 amide bonds.